The number of alkyl halides is 1. The van der Waals surface area contributed by atoms with Crippen molar-refractivity contribution in [1.82, 2.24) is 16.0 Å². The van der Waals surface area contributed by atoms with Crippen LogP contribution in [0.5, 0.6) is 0 Å². The Hall–Kier alpha value is -0.230. The number of nitrogens with one attached hydrogen (secondary N) is 3. The van der Waals surface area contributed by atoms with Gasteiger partial charge in [-0.05, 0) is 75.8 Å². The van der Waals surface area contributed by atoms with Gasteiger partial charge in [-0.15, -0.1) is 0 Å². The van der Waals surface area contributed by atoms with E-state index in [1.165, 1.54) is 19.3 Å². The molecule has 5 heteroatoms. The molecule has 140 valence electrons. The van der Waals surface area contributed by atoms with Gasteiger partial charge in [-0.1, -0.05) is 13.8 Å². The second-order valence-corrected chi connectivity index (χ2v) is 8.67. The SMILES string of the molecule is CNC(N)C1NC(C2CCNC2C2CCC(F)C(C)C2)CCC1C. The van der Waals surface area contributed by atoms with Crippen LogP contribution in [0, 0.1) is 23.7 Å². The molecule has 3 aliphatic rings. The highest BCUT2D eigenvalue weighted by atomic mass is 19.1. The van der Waals surface area contributed by atoms with E-state index in [9.17, 15) is 4.39 Å². The first-order valence-electron chi connectivity index (χ1n) is 10.1. The normalized spacial score (nSPS) is 48.4. The predicted molar refractivity (Wildman–Crippen MR) is 97.4 cm³/mol. The number of piperidine rings is 1. The van der Waals surface area contributed by atoms with Gasteiger partial charge in [0, 0.05) is 18.1 Å². The Balaban J connectivity index is 1.64. The van der Waals surface area contributed by atoms with Crippen molar-refractivity contribution in [2.45, 2.75) is 82.8 Å². The summed E-state index contributed by atoms with van der Waals surface area (Å²) in [6.07, 6.45) is 5.98. The highest BCUT2D eigenvalue weighted by Gasteiger charge is 2.43. The second-order valence-electron chi connectivity index (χ2n) is 8.67. The topological polar surface area (TPSA) is 62.1 Å². The van der Waals surface area contributed by atoms with E-state index < -0.39 is 6.17 Å². The van der Waals surface area contributed by atoms with E-state index in [4.69, 9.17) is 5.73 Å². The Morgan fingerprint density at radius 3 is 2.58 bits per heavy atom. The highest BCUT2D eigenvalue weighted by molar-refractivity contribution is 5.00. The molecule has 0 radical (unpaired) electrons. The van der Waals surface area contributed by atoms with E-state index in [-0.39, 0.29) is 12.1 Å². The van der Waals surface area contributed by atoms with Crippen molar-refractivity contribution < 1.29 is 4.39 Å². The van der Waals surface area contributed by atoms with Gasteiger partial charge in [-0.2, -0.15) is 0 Å². The molecule has 3 rings (SSSR count). The van der Waals surface area contributed by atoms with Gasteiger partial charge >= 0.3 is 0 Å². The van der Waals surface area contributed by atoms with Crippen molar-refractivity contribution >= 4 is 0 Å². The molecule has 5 N–H and O–H groups in total. The zero-order valence-electron chi connectivity index (χ0n) is 15.6. The summed E-state index contributed by atoms with van der Waals surface area (Å²) in [6, 6.07) is 1.44. The fraction of sp³-hybridized carbons (Fsp3) is 1.00. The third-order valence-electron chi connectivity index (χ3n) is 7.12. The Bertz CT molecular complexity index is 403. The zero-order valence-corrected chi connectivity index (χ0v) is 15.6. The van der Waals surface area contributed by atoms with E-state index in [0.717, 1.165) is 25.8 Å². The Kier molecular flexibility index (Phi) is 6.17. The van der Waals surface area contributed by atoms with Crippen LogP contribution in [0.4, 0.5) is 4.39 Å². The van der Waals surface area contributed by atoms with Crippen LogP contribution >= 0.6 is 0 Å². The zero-order chi connectivity index (χ0) is 17.3. The molecule has 0 spiro atoms. The van der Waals surface area contributed by atoms with Crippen LogP contribution < -0.4 is 21.7 Å². The monoisotopic (exact) mass is 340 g/mol. The fourth-order valence-electron chi connectivity index (χ4n) is 5.53. The molecule has 9 unspecified atom stereocenters. The molecule has 2 heterocycles. The number of rotatable bonds is 4. The van der Waals surface area contributed by atoms with Gasteiger partial charge in [-0.25, -0.2) is 4.39 Å². The van der Waals surface area contributed by atoms with Crippen molar-refractivity contribution in [1.29, 1.82) is 0 Å². The smallest absolute Gasteiger partial charge is 0.103 e. The molecule has 1 saturated carbocycles. The van der Waals surface area contributed by atoms with Crippen LogP contribution in [0.25, 0.3) is 0 Å². The average molecular weight is 341 g/mol. The van der Waals surface area contributed by atoms with Crippen LogP contribution in [0.1, 0.15) is 52.4 Å². The molecule has 0 aromatic rings. The van der Waals surface area contributed by atoms with Crippen LogP contribution in [-0.2, 0) is 0 Å². The van der Waals surface area contributed by atoms with Crippen LogP contribution in [0.3, 0.4) is 0 Å². The van der Waals surface area contributed by atoms with Gasteiger partial charge in [0.2, 0.25) is 0 Å². The van der Waals surface area contributed by atoms with E-state index in [2.05, 4.69) is 29.8 Å². The van der Waals surface area contributed by atoms with E-state index in [1.807, 2.05) is 7.05 Å². The number of hydrogen-bond acceptors (Lipinski definition) is 4. The minimum atomic E-state index is -0.590. The third kappa shape index (κ3) is 3.79. The van der Waals surface area contributed by atoms with E-state index >= 15 is 0 Å². The second kappa shape index (κ2) is 7.98. The first-order valence-corrected chi connectivity index (χ1v) is 10.1. The van der Waals surface area contributed by atoms with Gasteiger partial charge in [0.05, 0.1) is 6.17 Å². The lowest BCUT2D eigenvalue weighted by Crippen LogP contribution is -2.62. The number of likely N-dealkylation sites (N-methyl/N-ethyl adjacent to an activating group) is 1. The minimum absolute atomic E-state index is 0.0117. The number of nitrogens with two attached hydrogens (primary N) is 1. The Labute approximate surface area is 146 Å². The molecule has 24 heavy (non-hydrogen) atoms. The summed E-state index contributed by atoms with van der Waals surface area (Å²) in [5, 5.41) is 10.9. The van der Waals surface area contributed by atoms with Crippen LogP contribution in [-0.4, -0.2) is 44.1 Å². The molecule has 0 aromatic carbocycles. The molecular weight excluding hydrogens is 303 g/mol. The molecule has 9 atom stereocenters. The maximum Gasteiger partial charge on any atom is 0.103 e. The molecule has 0 aromatic heterocycles. The predicted octanol–water partition coefficient (Wildman–Crippen LogP) is 2.00. The lowest BCUT2D eigenvalue weighted by molar-refractivity contribution is 0.0947. The summed E-state index contributed by atoms with van der Waals surface area (Å²) in [5.41, 5.74) is 6.28. The number of hydrogen-bond donors (Lipinski definition) is 4. The Morgan fingerprint density at radius 1 is 1.08 bits per heavy atom. The molecule has 1 aliphatic carbocycles. The first-order chi connectivity index (χ1) is 11.5. The first kappa shape index (κ1) is 18.6. The lowest BCUT2D eigenvalue weighted by Gasteiger charge is -2.44. The Morgan fingerprint density at radius 2 is 1.88 bits per heavy atom. The van der Waals surface area contributed by atoms with E-state index in [0.29, 0.717) is 35.9 Å². The minimum Gasteiger partial charge on any atom is -0.315 e. The maximum absolute atomic E-state index is 13.9. The molecule has 2 saturated heterocycles. The molecule has 3 fully saturated rings. The van der Waals surface area contributed by atoms with Gasteiger partial charge in [-0.3, -0.25) is 0 Å². The molecule has 0 bridgehead atoms. The van der Waals surface area contributed by atoms with Crippen molar-refractivity contribution in [2.75, 3.05) is 13.6 Å². The molecule has 0 amide bonds. The van der Waals surface area contributed by atoms with Gasteiger partial charge in [0.1, 0.15) is 6.17 Å². The van der Waals surface area contributed by atoms with Crippen LogP contribution in [0.2, 0.25) is 0 Å². The van der Waals surface area contributed by atoms with Gasteiger partial charge < -0.3 is 21.7 Å². The van der Waals surface area contributed by atoms with Crippen molar-refractivity contribution in [3.05, 3.63) is 0 Å². The van der Waals surface area contributed by atoms with Crippen molar-refractivity contribution in [3.8, 4) is 0 Å². The summed E-state index contributed by atoms with van der Waals surface area (Å²) < 4.78 is 13.9. The largest absolute Gasteiger partial charge is 0.315 e. The standard InChI is InChI=1S/C19H37FN4/c1-11-4-7-16(24-17(11)19(21)22-3)14-8-9-23-18(14)13-5-6-15(20)12(2)10-13/h11-19,22-24H,4-10,21H2,1-3H3. The molecule has 4 nitrogen and oxygen atoms in total. The van der Waals surface area contributed by atoms with Gasteiger partial charge in [0.25, 0.3) is 0 Å². The average Bonchev–Trinajstić information content (AvgIpc) is 3.06. The van der Waals surface area contributed by atoms with Gasteiger partial charge in [0.15, 0.2) is 0 Å². The third-order valence-corrected chi connectivity index (χ3v) is 7.12. The van der Waals surface area contributed by atoms with Crippen molar-refractivity contribution in [3.63, 3.8) is 0 Å². The van der Waals surface area contributed by atoms with Crippen LogP contribution in [0.15, 0.2) is 0 Å². The summed E-state index contributed by atoms with van der Waals surface area (Å²) in [6.45, 7) is 5.50. The molecular formula is C19H37FN4. The quantitative estimate of drug-likeness (QED) is 0.591. The maximum atomic E-state index is 13.9. The lowest BCUT2D eigenvalue weighted by atomic mass is 9.71. The number of halogens is 1. The fourth-order valence-corrected chi connectivity index (χ4v) is 5.53. The van der Waals surface area contributed by atoms with E-state index in [1.54, 1.807) is 0 Å². The summed E-state index contributed by atoms with van der Waals surface area (Å²) in [7, 11) is 1.94. The summed E-state index contributed by atoms with van der Waals surface area (Å²) in [5.74, 6) is 2.13. The van der Waals surface area contributed by atoms with Crippen molar-refractivity contribution in [2.24, 2.45) is 29.4 Å². The molecule has 2 aliphatic heterocycles. The highest BCUT2D eigenvalue weighted by Crippen LogP contribution is 2.39. The summed E-state index contributed by atoms with van der Waals surface area (Å²) in [4.78, 5) is 0. The summed E-state index contributed by atoms with van der Waals surface area (Å²) >= 11 is 0.